The molecule has 0 aromatic rings. The lowest BCUT2D eigenvalue weighted by molar-refractivity contribution is -1.63. The van der Waals surface area contributed by atoms with Crippen LogP contribution in [0.25, 0.3) is 0 Å². The van der Waals surface area contributed by atoms with Crippen LogP contribution in [0.1, 0.15) is 0 Å². The lowest BCUT2D eigenvalue weighted by atomic mass is 10.7. The van der Waals surface area contributed by atoms with Crippen LogP contribution in [-0.2, 0) is 4.79 Å². The van der Waals surface area contributed by atoms with E-state index in [1.165, 1.54) is 0 Å². The predicted molar refractivity (Wildman–Crippen MR) is 20.1 cm³/mol. The number of carbonyl (C=O) groups is 1. The Morgan fingerprint density at radius 2 is 1.78 bits per heavy atom. The number of rotatable bonds is 1. The fraction of sp³-hybridized carbons (Fsp3) is 0. The molecular formula is C3H5BrO5. The van der Waals surface area contributed by atoms with E-state index in [9.17, 15) is 4.79 Å². The molecule has 0 atom stereocenters. The van der Waals surface area contributed by atoms with E-state index in [1.54, 1.807) is 0 Å². The fourth-order valence-corrected chi connectivity index (χ4v) is 0. The summed E-state index contributed by atoms with van der Waals surface area (Å²) in [4.78, 5) is 9.25. The highest BCUT2D eigenvalue weighted by Crippen LogP contribution is 1.54. The first-order valence-corrected chi connectivity index (χ1v) is 3.61. The molecule has 0 bridgehead atoms. The third-order valence-electron chi connectivity index (χ3n) is 0.175. The summed E-state index contributed by atoms with van der Waals surface area (Å²) in [6.07, 6.45) is 0.833. The quantitative estimate of drug-likeness (QED) is 0.450. The molecule has 0 saturated carbocycles. The number of hydrogen-bond acceptors (Lipinski definition) is 4. The van der Waals surface area contributed by atoms with Gasteiger partial charge in [0.05, 0.1) is 0 Å². The zero-order chi connectivity index (χ0) is 7.86. The highest BCUT2D eigenvalue weighted by Gasteiger charge is 1.86. The molecule has 54 valence electrons. The van der Waals surface area contributed by atoms with Crippen LogP contribution in [0.15, 0.2) is 12.7 Å². The van der Waals surface area contributed by atoms with Gasteiger partial charge in [0.2, 0.25) is 0 Å². The lowest BCUT2D eigenvalue weighted by Gasteiger charge is -1.69. The minimum Gasteiger partial charge on any atom is -0.478 e. The molecule has 5 nitrogen and oxygen atoms in total. The Morgan fingerprint density at radius 3 is 1.78 bits per heavy atom. The van der Waals surface area contributed by atoms with Crippen LogP contribution in [-0.4, -0.2) is 15.3 Å². The van der Waals surface area contributed by atoms with Crippen molar-refractivity contribution in [2.45, 2.75) is 0 Å². The van der Waals surface area contributed by atoms with Crippen LogP contribution >= 0.6 is 0 Å². The molecule has 0 unspecified atom stereocenters. The lowest BCUT2D eigenvalue weighted by Crippen LogP contribution is -2.30. The first kappa shape index (κ1) is 11.4. The minimum absolute atomic E-state index is 0.833. The number of carboxylic acids is 1. The molecule has 9 heavy (non-hydrogen) atoms. The van der Waals surface area contributed by atoms with E-state index in [-0.39, 0.29) is 0 Å². The Labute approximate surface area is 56.7 Å². The number of hydrogen-bond donors (Lipinski definition) is 2. The largest absolute Gasteiger partial charge is 0.478 e. The van der Waals surface area contributed by atoms with Crippen molar-refractivity contribution in [1.29, 1.82) is 0 Å². The smallest absolute Gasteiger partial charge is 0.433 e. The number of carboxylic acid groups (broad SMARTS) is 1. The van der Waals surface area contributed by atoms with E-state index in [0.717, 1.165) is 6.08 Å². The molecule has 2 N–H and O–H groups in total. The molecule has 0 fully saturated rings. The minimum atomic E-state index is -3.40. The zero-order valence-electron chi connectivity index (χ0n) is 4.28. The highest BCUT2D eigenvalue weighted by molar-refractivity contribution is 5.78. The second kappa shape index (κ2) is 7.57. The standard InChI is InChI=1S/C3H4O2.BrHO3/c1-2-3(4)5;2-1(3)4/h2H,1H2,(H,4,5);2H. The van der Waals surface area contributed by atoms with Crippen LogP contribution in [0, 0.1) is 14.8 Å². The van der Waals surface area contributed by atoms with Gasteiger partial charge < -0.3 is 13.5 Å². The van der Waals surface area contributed by atoms with Crippen LogP contribution < -0.4 is 8.40 Å². The molecule has 0 saturated heterocycles. The third-order valence-corrected chi connectivity index (χ3v) is 0.175. The van der Waals surface area contributed by atoms with Crippen molar-refractivity contribution in [1.82, 2.24) is 0 Å². The molecule has 0 aromatic heterocycles. The van der Waals surface area contributed by atoms with Gasteiger partial charge in [-0.1, -0.05) is 6.58 Å². The Hall–Kier alpha value is -0.430. The molecule has 0 aliphatic heterocycles. The van der Waals surface area contributed by atoms with Crippen molar-refractivity contribution in [2.75, 3.05) is 0 Å². The van der Waals surface area contributed by atoms with Crippen LogP contribution in [0.5, 0.6) is 0 Å². The van der Waals surface area contributed by atoms with Gasteiger partial charge in [0.25, 0.3) is 0 Å². The molecule has 6 heteroatoms. The Kier molecular flexibility index (Phi) is 9.57. The maximum absolute atomic E-state index is 9.25. The third kappa shape index (κ3) is 95.3. The van der Waals surface area contributed by atoms with Crippen LogP contribution in [0.4, 0.5) is 0 Å². The molecular weight excluding hydrogens is 196 g/mol. The van der Waals surface area contributed by atoms with Gasteiger partial charge in [0.1, 0.15) is 0 Å². The van der Waals surface area contributed by atoms with Gasteiger partial charge in [-0.3, -0.25) is 0 Å². The highest BCUT2D eigenvalue weighted by atomic mass is 80.0. The van der Waals surface area contributed by atoms with E-state index >= 15 is 0 Å². The monoisotopic (exact) mass is 200 g/mol. The molecule has 0 aliphatic carbocycles. The number of aliphatic carboxylic acids is 1. The summed E-state index contributed by atoms with van der Waals surface area (Å²) in [7, 11) is 0. The Morgan fingerprint density at radius 1 is 1.67 bits per heavy atom. The van der Waals surface area contributed by atoms with Crippen molar-refractivity contribution in [3.05, 3.63) is 12.7 Å². The van der Waals surface area contributed by atoms with Crippen molar-refractivity contribution in [3.8, 4) is 0 Å². The first-order chi connectivity index (χ1) is 4.00. The van der Waals surface area contributed by atoms with Gasteiger partial charge in [0, 0.05) is 6.08 Å². The van der Waals surface area contributed by atoms with Gasteiger partial charge in [-0.2, -0.15) is 0 Å². The van der Waals surface area contributed by atoms with Gasteiger partial charge in [0.15, 0.2) is 0 Å². The SMILES string of the molecule is C=CC(=O)O.[O-][Br+2]([O-])O. The van der Waals surface area contributed by atoms with E-state index in [0.29, 0.717) is 0 Å². The zero-order valence-corrected chi connectivity index (χ0v) is 5.87. The van der Waals surface area contributed by atoms with Crippen molar-refractivity contribution >= 4 is 5.97 Å². The first-order valence-electron chi connectivity index (χ1n) is 1.60. The summed E-state index contributed by atoms with van der Waals surface area (Å²) < 4.78 is 24.3. The van der Waals surface area contributed by atoms with Crippen LogP contribution in [0.3, 0.4) is 0 Å². The Bertz CT molecular complexity index is 87.4. The van der Waals surface area contributed by atoms with Crippen molar-refractivity contribution in [2.24, 2.45) is 0 Å². The summed E-state index contributed by atoms with van der Waals surface area (Å²) in [5.41, 5.74) is 0. The molecule has 0 amide bonds. The summed E-state index contributed by atoms with van der Waals surface area (Å²) >= 11 is -3.40. The van der Waals surface area contributed by atoms with Crippen LogP contribution in [0.2, 0.25) is 0 Å². The average Bonchev–Trinajstić information content (AvgIpc) is 1.65. The van der Waals surface area contributed by atoms with Gasteiger partial charge in [-0.05, 0) is 4.20 Å². The molecule has 0 radical (unpaired) electrons. The van der Waals surface area contributed by atoms with Gasteiger partial charge >= 0.3 is 20.8 Å². The average molecular weight is 201 g/mol. The molecule has 0 spiro atoms. The molecule has 0 heterocycles. The fourth-order valence-electron chi connectivity index (χ4n) is 0. The van der Waals surface area contributed by atoms with Crippen molar-refractivity contribution < 1.29 is 37.3 Å². The second-order valence-electron chi connectivity index (χ2n) is 0.743. The van der Waals surface area contributed by atoms with Gasteiger partial charge in [-0.15, -0.1) is 0 Å². The molecule has 0 rings (SSSR count). The second-order valence-corrected chi connectivity index (χ2v) is 1.59. The summed E-state index contributed by atoms with van der Waals surface area (Å²) in [6.45, 7) is 2.96. The van der Waals surface area contributed by atoms with E-state index in [4.69, 9.17) is 17.7 Å². The molecule has 0 aromatic carbocycles. The van der Waals surface area contributed by atoms with Gasteiger partial charge in [-0.25, -0.2) is 4.79 Å². The molecule has 0 aliphatic rings. The summed E-state index contributed by atoms with van der Waals surface area (Å²) in [6, 6.07) is 0. The van der Waals surface area contributed by atoms with Crippen molar-refractivity contribution in [3.63, 3.8) is 0 Å². The summed E-state index contributed by atoms with van der Waals surface area (Å²) in [5, 5.41) is 7.60. The normalized spacial score (nSPS) is 7.56. The number of halogens is 1. The Balaban J connectivity index is 0. The van der Waals surface area contributed by atoms with E-state index < -0.39 is 20.8 Å². The maximum Gasteiger partial charge on any atom is 0.433 e. The van der Waals surface area contributed by atoms with E-state index in [1.807, 2.05) is 0 Å². The topological polar surface area (TPSA) is 104 Å². The van der Waals surface area contributed by atoms with E-state index in [2.05, 4.69) is 6.58 Å². The summed E-state index contributed by atoms with van der Waals surface area (Å²) in [5.74, 6) is -0.981. The maximum atomic E-state index is 9.25. The predicted octanol–water partition coefficient (Wildman–Crippen LogP) is -2.68.